The van der Waals surface area contributed by atoms with E-state index in [0.29, 0.717) is 18.3 Å². The Balaban J connectivity index is 1.46. The molecule has 1 saturated heterocycles. The molecule has 0 bridgehead atoms. The van der Waals surface area contributed by atoms with Crippen molar-refractivity contribution in [3.8, 4) is 0 Å². The van der Waals surface area contributed by atoms with Crippen molar-refractivity contribution in [3.63, 3.8) is 0 Å². The van der Waals surface area contributed by atoms with Gasteiger partial charge in [-0.1, -0.05) is 5.21 Å². The van der Waals surface area contributed by atoms with Crippen LogP contribution >= 0.6 is 0 Å². The number of nitrogens with one attached hydrogen (secondary N) is 1. The smallest absolute Gasteiger partial charge is 0.323 e. The molecule has 2 aromatic heterocycles. The van der Waals surface area contributed by atoms with Crippen LogP contribution in [0.3, 0.4) is 0 Å². The van der Waals surface area contributed by atoms with Crippen molar-refractivity contribution in [3.05, 3.63) is 24.7 Å². The lowest BCUT2D eigenvalue weighted by Gasteiger charge is -2.31. The molecular weight excluding hydrogens is 322 g/mol. The Morgan fingerprint density at radius 1 is 1.40 bits per heavy atom. The first-order valence-corrected chi connectivity index (χ1v) is 8.60. The Labute approximate surface area is 146 Å². The summed E-state index contributed by atoms with van der Waals surface area (Å²) in [5.41, 5.74) is 0. The van der Waals surface area contributed by atoms with Gasteiger partial charge in [0.1, 0.15) is 0 Å². The van der Waals surface area contributed by atoms with Gasteiger partial charge < -0.3 is 9.64 Å². The number of anilines is 1. The minimum atomic E-state index is -0.0937. The van der Waals surface area contributed by atoms with E-state index in [0.717, 1.165) is 32.5 Å². The maximum Gasteiger partial charge on any atom is 0.323 e. The molecule has 1 fully saturated rings. The SMILES string of the molecule is COCC(C)n1ccc(NC(=O)N2CCC(Cn3ccnn3)CC2)n1. The number of nitrogens with zero attached hydrogens (tertiary/aromatic N) is 6. The summed E-state index contributed by atoms with van der Waals surface area (Å²) in [6.45, 7) is 4.94. The van der Waals surface area contributed by atoms with Crippen LogP contribution in [0.4, 0.5) is 10.6 Å². The average molecular weight is 347 g/mol. The molecule has 1 N–H and O–H groups in total. The van der Waals surface area contributed by atoms with Gasteiger partial charge in [0.25, 0.3) is 0 Å². The summed E-state index contributed by atoms with van der Waals surface area (Å²) in [6.07, 6.45) is 7.35. The first kappa shape index (κ1) is 17.4. The second-order valence-electron chi connectivity index (χ2n) is 6.47. The first-order chi connectivity index (χ1) is 12.2. The molecule has 136 valence electrons. The summed E-state index contributed by atoms with van der Waals surface area (Å²) < 4.78 is 8.77. The molecule has 3 heterocycles. The van der Waals surface area contributed by atoms with Gasteiger partial charge in [-0.3, -0.25) is 14.7 Å². The van der Waals surface area contributed by atoms with Crippen molar-refractivity contribution in [1.82, 2.24) is 29.7 Å². The minimum Gasteiger partial charge on any atom is -0.382 e. The molecule has 2 amide bonds. The number of ether oxygens (including phenoxy) is 1. The van der Waals surface area contributed by atoms with Crippen LogP contribution in [0.5, 0.6) is 0 Å². The largest absolute Gasteiger partial charge is 0.382 e. The summed E-state index contributed by atoms with van der Waals surface area (Å²) in [6, 6.07) is 1.84. The number of likely N-dealkylation sites (tertiary alicyclic amines) is 1. The molecule has 0 radical (unpaired) electrons. The highest BCUT2D eigenvalue weighted by atomic mass is 16.5. The third-order valence-electron chi connectivity index (χ3n) is 4.52. The van der Waals surface area contributed by atoms with Gasteiger partial charge in [-0.15, -0.1) is 5.10 Å². The molecule has 1 atom stereocenters. The van der Waals surface area contributed by atoms with Crippen LogP contribution in [-0.2, 0) is 11.3 Å². The van der Waals surface area contributed by atoms with E-state index >= 15 is 0 Å². The monoisotopic (exact) mass is 347 g/mol. The molecule has 1 unspecified atom stereocenters. The van der Waals surface area contributed by atoms with Gasteiger partial charge in [-0.2, -0.15) is 5.10 Å². The second-order valence-corrected chi connectivity index (χ2v) is 6.47. The number of rotatable bonds is 6. The molecule has 2 aromatic rings. The van der Waals surface area contributed by atoms with Crippen LogP contribution in [0.25, 0.3) is 0 Å². The number of hydrogen-bond donors (Lipinski definition) is 1. The Morgan fingerprint density at radius 2 is 2.20 bits per heavy atom. The molecule has 0 saturated carbocycles. The van der Waals surface area contributed by atoms with E-state index < -0.39 is 0 Å². The Kier molecular flexibility index (Phi) is 5.64. The summed E-state index contributed by atoms with van der Waals surface area (Å²) in [5, 5.41) is 15.1. The normalized spacial score (nSPS) is 16.8. The van der Waals surface area contributed by atoms with Crippen LogP contribution in [0.1, 0.15) is 25.8 Å². The van der Waals surface area contributed by atoms with Crippen LogP contribution in [0.15, 0.2) is 24.7 Å². The fourth-order valence-electron chi connectivity index (χ4n) is 3.07. The predicted molar refractivity (Wildman–Crippen MR) is 92.2 cm³/mol. The number of piperidine rings is 1. The number of carbonyl (C=O) groups is 1. The van der Waals surface area contributed by atoms with Gasteiger partial charge in [0.2, 0.25) is 0 Å². The molecule has 1 aliphatic rings. The molecule has 1 aliphatic heterocycles. The van der Waals surface area contributed by atoms with Crippen molar-refractivity contribution < 1.29 is 9.53 Å². The highest BCUT2D eigenvalue weighted by Gasteiger charge is 2.23. The summed E-state index contributed by atoms with van der Waals surface area (Å²) >= 11 is 0. The molecule has 0 aromatic carbocycles. The van der Waals surface area contributed by atoms with Crippen LogP contribution < -0.4 is 5.32 Å². The zero-order chi connectivity index (χ0) is 17.6. The van der Waals surface area contributed by atoms with Gasteiger partial charge in [0, 0.05) is 45.2 Å². The number of hydrogen-bond acceptors (Lipinski definition) is 5. The van der Waals surface area contributed by atoms with Crippen molar-refractivity contribution >= 4 is 11.8 Å². The molecule has 9 heteroatoms. The van der Waals surface area contributed by atoms with Crippen molar-refractivity contribution in [1.29, 1.82) is 0 Å². The van der Waals surface area contributed by atoms with Gasteiger partial charge in [-0.25, -0.2) is 4.79 Å². The maximum absolute atomic E-state index is 12.4. The van der Waals surface area contributed by atoms with E-state index in [2.05, 4.69) is 20.7 Å². The van der Waals surface area contributed by atoms with E-state index in [1.807, 2.05) is 35.0 Å². The maximum atomic E-state index is 12.4. The van der Waals surface area contributed by atoms with E-state index in [4.69, 9.17) is 4.74 Å². The minimum absolute atomic E-state index is 0.0937. The van der Waals surface area contributed by atoms with Crippen LogP contribution in [0.2, 0.25) is 0 Å². The number of aromatic nitrogens is 5. The van der Waals surface area contributed by atoms with Crippen molar-refractivity contribution in [2.24, 2.45) is 5.92 Å². The zero-order valence-corrected chi connectivity index (χ0v) is 14.7. The Morgan fingerprint density at radius 3 is 2.88 bits per heavy atom. The number of carbonyl (C=O) groups excluding carboxylic acids is 1. The van der Waals surface area contributed by atoms with Gasteiger partial charge in [0.15, 0.2) is 5.82 Å². The number of urea groups is 1. The lowest BCUT2D eigenvalue weighted by atomic mass is 9.97. The molecular formula is C16H25N7O2. The standard InChI is InChI=1S/C16H25N7O2/c1-13(12-25-2)23-9-5-15(19-23)18-16(24)21-7-3-14(4-8-21)11-22-10-6-17-20-22/h5-6,9-10,13-14H,3-4,7-8,11-12H2,1-2H3,(H,18,19,24). The van der Waals surface area contributed by atoms with E-state index in [9.17, 15) is 4.79 Å². The van der Waals surface area contributed by atoms with Crippen LogP contribution in [-0.4, -0.2) is 62.5 Å². The van der Waals surface area contributed by atoms with E-state index in [1.54, 1.807) is 18.0 Å². The summed E-state index contributed by atoms with van der Waals surface area (Å²) in [5.74, 6) is 1.09. The van der Waals surface area contributed by atoms with Gasteiger partial charge in [0.05, 0.1) is 18.8 Å². The van der Waals surface area contributed by atoms with Crippen molar-refractivity contribution in [2.45, 2.75) is 32.4 Å². The zero-order valence-electron chi connectivity index (χ0n) is 14.7. The van der Waals surface area contributed by atoms with E-state index in [1.165, 1.54) is 0 Å². The topological polar surface area (TPSA) is 90.1 Å². The molecule has 9 nitrogen and oxygen atoms in total. The summed E-state index contributed by atoms with van der Waals surface area (Å²) in [7, 11) is 1.66. The Hall–Kier alpha value is -2.42. The van der Waals surface area contributed by atoms with Crippen LogP contribution in [0, 0.1) is 5.92 Å². The fourth-order valence-corrected chi connectivity index (χ4v) is 3.07. The molecule has 25 heavy (non-hydrogen) atoms. The lowest BCUT2D eigenvalue weighted by molar-refractivity contribution is 0.157. The third kappa shape index (κ3) is 4.56. The second kappa shape index (κ2) is 8.11. The fraction of sp³-hybridized carbons (Fsp3) is 0.625. The first-order valence-electron chi connectivity index (χ1n) is 8.60. The van der Waals surface area contributed by atoms with Gasteiger partial charge in [-0.05, 0) is 25.7 Å². The summed E-state index contributed by atoms with van der Waals surface area (Å²) in [4.78, 5) is 14.3. The number of methoxy groups -OCH3 is 1. The Bertz CT molecular complexity index is 662. The molecule has 0 aliphatic carbocycles. The lowest BCUT2D eigenvalue weighted by Crippen LogP contribution is -2.41. The third-order valence-corrected chi connectivity index (χ3v) is 4.52. The van der Waals surface area contributed by atoms with Crippen molar-refractivity contribution in [2.75, 3.05) is 32.1 Å². The van der Waals surface area contributed by atoms with Gasteiger partial charge >= 0.3 is 6.03 Å². The van der Waals surface area contributed by atoms with E-state index in [-0.39, 0.29) is 12.1 Å². The highest BCUT2D eigenvalue weighted by Crippen LogP contribution is 2.19. The number of amides is 2. The predicted octanol–water partition coefficient (Wildman–Crippen LogP) is 1.63. The molecule has 3 rings (SSSR count). The quantitative estimate of drug-likeness (QED) is 0.858. The molecule has 0 spiro atoms. The highest BCUT2D eigenvalue weighted by molar-refractivity contribution is 5.88. The average Bonchev–Trinajstić information content (AvgIpc) is 3.28.